The number of unbranched alkanes of at least 4 members (excludes halogenated alkanes) is 5. The van der Waals surface area contributed by atoms with E-state index in [4.69, 9.17) is 9.47 Å². The maximum atomic E-state index is 12.1. The third kappa shape index (κ3) is 8.41. The second kappa shape index (κ2) is 12.8. The third-order valence-electron chi connectivity index (χ3n) is 4.40. The molecule has 0 spiro atoms. The molecule has 30 heavy (non-hydrogen) atoms. The molecule has 1 N–H and O–H groups in total. The Morgan fingerprint density at radius 2 is 1.63 bits per heavy atom. The van der Waals surface area contributed by atoms with E-state index >= 15 is 0 Å². The van der Waals surface area contributed by atoms with Gasteiger partial charge in [-0.05, 0) is 52.7 Å². The highest BCUT2D eigenvalue weighted by Crippen LogP contribution is 2.27. The SMILES string of the molecule is CCCCCCCCOc1ccc(OCC(=O)Nc2cc([N+](=O)[O-])ccc2Br)cc1. The minimum Gasteiger partial charge on any atom is -0.494 e. The van der Waals surface area contributed by atoms with Gasteiger partial charge in [-0.3, -0.25) is 14.9 Å². The fourth-order valence-electron chi connectivity index (χ4n) is 2.76. The van der Waals surface area contributed by atoms with Crippen LogP contribution in [0, 0.1) is 10.1 Å². The number of anilines is 1. The molecule has 162 valence electrons. The highest BCUT2D eigenvalue weighted by Gasteiger charge is 2.12. The highest BCUT2D eigenvalue weighted by molar-refractivity contribution is 9.10. The quantitative estimate of drug-likeness (QED) is 0.213. The normalized spacial score (nSPS) is 10.5. The van der Waals surface area contributed by atoms with Crippen LogP contribution in [0.3, 0.4) is 0 Å². The monoisotopic (exact) mass is 478 g/mol. The van der Waals surface area contributed by atoms with E-state index in [1.54, 1.807) is 12.1 Å². The molecular weight excluding hydrogens is 452 g/mol. The Labute approximate surface area is 185 Å². The minimum atomic E-state index is -0.519. The number of halogens is 1. The van der Waals surface area contributed by atoms with E-state index in [0.29, 0.717) is 22.5 Å². The first-order valence-corrected chi connectivity index (χ1v) is 10.9. The molecule has 0 radical (unpaired) electrons. The predicted octanol–water partition coefficient (Wildman–Crippen LogP) is 6.11. The van der Waals surface area contributed by atoms with Crippen molar-refractivity contribution in [3.05, 3.63) is 57.1 Å². The number of ether oxygens (including phenoxy) is 2. The Hall–Kier alpha value is -2.61. The summed E-state index contributed by atoms with van der Waals surface area (Å²) in [5.74, 6) is 0.885. The number of carbonyl (C=O) groups excluding carboxylic acids is 1. The summed E-state index contributed by atoms with van der Waals surface area (Å²) in [5, 5.41) is 13.5. The molecule has 0 atom stereocenters. The molecule has 0 saturated heterocycles. The first kappa shape index (κ1) is 23.7. The molecule has 0 heterocycles. The summed E-state index contributed by atoms with van der Waals surface area (Å²) < 4.78 is 11.7. The van der Waals surface area contributed by atoms with Gasteiger partial charge in [0.1, 0.15) is 11.5 Å². The topological polar surface area (TPSA) is 90.7 Å². The van der Waals surface area contributed by atoms with Crippen LogP contribution in [0.4, 0.5) is 11.4 Å². The first-order valence-electron chi connectivity index (χ1n) is 10.1. The number of hydrogen-bond donors (Lipinski definition) is 1. The number of nitrogens with zero attached hydrogens (tertiary/aromatic N) is 1. The number of nitro groups is 1. The third-order valence-corrected chi connectivity index (χ3v) is 5.09. The number of nitrogens with one attached hydrogen (secondary N) is 1. The van der Waals surface area contributed by atoms with Crippen molar-refractivity contribution in [2.24, 2.45) is 0 Å². The molecule has 2 aromatic rings. The van der Waals surface area contributed by atoms with E-state index in [1.165, 1.54) is 50.3 Å². The van der Waals surface area contributed by atoms with Crippen LogP contribution in [-0.4, -0.2) is 24.0 Å². The van der Waals surface area contributed by atoms with Gasteiger partial charge >= 0.3 is 0 Å². The predicted molar refractivity (Wildman–Crippen MR) is 120 cm³/mol. The standard InChI is InChI=1S/C22H27BrN2O5/c1-2-3-4-5-6-7-14-29-18-9-11-19(12-10-18)30-16-22(26)24-21-15-17(25(27)28)8-13-20(21)23/h8-13,15H,2-7,14,16H2,1H3,(H,24,26). The van der Waals surface area contributed by atoms with Gasteiger partial charge in [-0.15, -0.1) is 0 Å². The van der Waals surface area contributed by atoms with Crippen molar-refractivity contribution in [2.75, 3.05) is 18.5 Å². The summed E-state index contributed by atoms with van der Waals surface area (Å²) in [7, 11) is 0. The number of carbonyl (C=O) groups is 1. The van der Waals surface area contributed by atoms with Gasteiger partial charge in [-0.1, -0.05) is 39.0 Å². The fraction of sp³-hybridized carbons (Fsp3) is 0.409. The van der Waals surface area contributed by atoms with Gasteiger partial charge < -0.3 is 14.8 Å². The van der Waals surface area contributed by atoms with E-state index in [-0.39, 0.29) is 12.3 Å². The van der Waals surface area contributed by atoms with E-state index in [1.807, 2.05) is 12.1 Å². The number of non-ortho nitro benzene ring substituents is 1. The Bertz CT molecular complexity index is 827. The zero-order valence-electron chi connectivity index (χ0n) is 17.1. The summed E-state index contributed by atoms with van der Waals surface area (Å²) in [6.07, 6.45) is 7.29. The summed E-state index contributed by atoms with van der Waals surface area (Å²) in [5.41, 5.74) is 0.210. The van der Waals surface area contributed by atoms with Crippen LogP contribution < -0.4 is 14.8 Å². The number of amides is 1. The van der Waals surface area contributed by atoms with Crippen LogP contribution in [-0.2, 0) is 4.79 Å². The Morgan fingerprint density at radius 1 is 1.00 bits per heavy atom. The van der Waals surface area contributed by atoms with Crippen molar-refractivity contribution in [3.8, 4) is 11.5 Å². The average molecular weight is 479 g/mol. The van der Waals surface area contributed by atoms with Crippen LogP contribution in [0.25, 0.3) is 0 Å². The van der Waals surface area contributed by atoms with E-state index in [2.05, 4.69) is 28.2 Å². The molecule has 0 unspecified atom stereocenters. The lowest BCUT2D eigenvalue weighted by Gasteiger charge is -2.10. The molecule has 1 amide bonds. The Kier molecular flexibility index (Phi) is 10.1. The maximum Gasteiger partial charge on any atom is 0.271 e. The van der Waals surface area contributed by atoms with Crippen molar-refractivity contribution in [1.82, 2.24) is 0 Å². The van der Waals surface area contributed by atoms with Gasteiger partial charge in [0.25, 0.3) is 11.6 Å². The molecule has 7 nitrogen and oxygen atoms in total. The van der Waals surface area contributed by atoms with Gasteiger partial charge in [0, 0.05) is 16.6 Å². The fourth-order valence-corrected chi connectivity index (χ4v) is 3.11. The van der Waals surface area contributed by atoms with Crippen molar-refractivity contribution < 1.29 is 19.2 Å². The molecule has 0 fully saturated rings. The largest absolute Gasteiger partial charge is 0.494 e. The summed E-state index contributed by atoms with van der Waals surface area (Å²) in [6, 6.07) is 11.3. The van der Waals surface area contributed by atoms with Gasteiger partial charge in [-0.2, -0.15) is 0 Å². The molecule has 0 aliphatic heterocycles. The first-order chi connectivity index (χ1) is 14.5. The van der Waals surface area contributed by atoms with Crippen LogP contribution in [0.1, 0.15) is 45.4 Å². The van der Waals surface area contributed by atoms with Crippen LogP contribution in [0.15, 0.2) is 46.9 Å². The molecule has 0 bridgehead atoms. The van der Waals surface area contributed by atoms with E-state index in [9.17, 15) is 14.9 Å². The summed E-state index contributed by atoms with van der Waals surface area (Å²) in [4.78, 5) is 22.5. The highest BCUT2D eigenvalue weighted by atomic mass is 79.9. The molecular formula is C22H27BrN2O5. The molecule has 2 rings (SSSR count). The lowest BCUT2D eigenvalue weighted by atomic mass is 10.1. The molecule has 0 aromatic heterocycles. The van der Waals surface area contributed by atoms with Gasteiger partial charge in [0.05, 0.1) is 17.2 Å². The van der Waals surface area contributed by atoms with Crippen molar-refractivity contribution in [3.63, 3.8) is 0 Å². The zero-order chi connectivity index (χ0) is 21.8. The van der Waals surface area contributed by atoms with Crippen molar-refractivity contribution in [2.45, 2.75) is 45.4 Å². The second-order valence-electron chi connectivity index (χ2n) is 6.85. The summed E-state index contributed by atoms with van der Waals surface area (Å²) >= 11 is 3.26. The van der Waals surface area contributed by atoms with E-state index < -0.39 is 10.8 Å². The van der Waals surface area contributed by atoms with Crippen LogP contribution >= 0.6 is 15.9 Å². The van der Waals surface area contributed by atoms with Crippen LogP contribution in [0.5, 0.6) is 11.5 Å². The molecule has 8 heteroatoms. The smallest absolute Gasteiger partial charge is 0.271 e. The Morgan fingerprint density at radius 3 is 2.30 bits per heavy atom. The minimum absolute atomic E-state index is 0.106. The number of hydrogen-bond acceptors (Lipinski definition) is 5. The van der Waals surface area contributed by atoms with Gasteiger partial charge in [0.2, 0.25) is 0 Å². The zero-order valence-corrected chi connectivity index (χ0v) is 18.7. The van der Waals surface area contributed by atoms with Crippen LogP contribution in [0.2, 0.25) is 0 Å². The van der Waals surface area contributed by atoms with Gasteiger partial charge in [-0.25, -0.2) is 0 Å². The number of rotatable bonds is 13. The number of benzene rings is 2. The van der Waals surface area contributed by atoms with Gasteiger partial charge in [0.15, 0.2) is 6.61 Å². The lowest BCUT2D eigenvalue weighted by Crippen LogP contribution is -2.20. The van der Waals surface area contributed by atoms with Crippen molar-refractivity contribution >= 4 is 33.2 Å². The maximum absolute atomic E-state index is 12.1. The average Bonchev–Trinajstić information content (AvgIpc) is 2.74. The molecule has 0 aliphatic rings. The van der Waals surface area contributed by atoms with Crippen molar-refractivity contribution in [1.29, 1.82) is 0 Å². The molecule has 2 aromatic carbocycles. The second-order valence-corrected chi connectivity index (χ2v) is 7.70. The lowest BCUT2D eigenvalue weighted by molar-refractivity contribution is -0.384. The summed E-state index contributed by atoms with van der Waals surface area (Å²) in [6.45, 7) is 2.68. The number of nitro benzene ring substituents is 1. The van der Waals surface area contributed by atoms with E-state index in [0.717, 1.165) is 12.2 Å². The molecule has 0 aliphatic carbocycles. The molecule has 0 saturated carbocycles. The Balaban J connectivity index is 1.72.